The Morgan fingerprint density at radius 1 is 1.40 bits per heavy atom. The molecule has 0 aromatic carbocycles. The van der Waals surface area contributed by atoms with E-state index in [-0.39, 0.29) is 6.61 Å². The molecule has 0 aliphatic heterocycles. The third-order valence-corrected chi connectivity index (χ3v) is 2.97. The maximum atomic E-state index is 11.6. The van der Waals surface area contributed by atoms with Gasteiger partial charge < -0.3 is 14.9 Å². The lowest BCUT2D eigenvalue weighted by molar-refractivity contribution is -0.180. The molecule has 0 spiro atoms. The van der Waals surface area contributed by atoms with E-state index in [2.05, 4.69) is 0 Å². The topological polar surface area (TPSA) is 66.8 Å². The lowest BCUT2D eigenvalue weighted by Gasteiger charge is -2.32. The summed E-state index contributed by atoms with van der Waals surface area (Å²) in [4.78, 5) is 11.6. The molecule has 4 nitrogen and oxygen atoms in total. The Bertz CT molecular complexity index is 217. The van der Waals surface area contributed by atoms with Crippen molar-refractivity contribution < 1.29 is 19.7 Å². The first-order valence-electron chi connectivity index (χ1n) is 5.69. The number of carbonyl (C=O) groups is 1. The summed E-state index contributed by atoms with van der Waals surface area (Å²) in [6.45, 7) is 1.92. The van der Waals surface area contributed by atoms with E-state index in [1.165, 1.54) is 0 Å². The van der Waals surface area contributed by atoms with Crippen molar-refractivity contribution in [2.24, 2.45) is 0 Å². The molecule has 4 heteroatoms. The van der Waals surface area contributed by atoms with Gasteiger partial charge in [0.05, 0.1) is 12.7 Å². The second kappa shape index (κ2) is 5.47. The van der Waals surface area contributed by atoms with Crippen molar-refractivity contribution in [3.63, 3.8) is 0 Å². The molecule has 2 atom stereocenters. The number of aliphatic hydroxyl groups excluding tert-OH is 1. The number of carbonyl (C=O) groups excluding carboxylic acids is 1. The predicted molar refractivity (Wildman–Crippen MR) is 55.3 cm³/mol. The predicted octanol–water partition coefficient (Wildman–Crippen LogP) is 0.996. The largest absolute Gasteiger partial charge is 0.464 e. The standard InChI is InChI=1S/C11H20O4/c1-2-15-10(13)11(14)8-6-4-3-5-7-9(11)12/h9,12,14H,2-8H2,1H3. The van der Waals surface area contributed by atoms with Gasteiger partial charge in [-0.2, -0.15) is 0 Å². The maximum absolute atomic E-state index is 11.6. The first kappa shape index (κ1) is 12.5. The summed E-state index contributed by atoms with van der Waals surface area (Å²) in [5, 5.41) is 19.9. The Balaban J connectivity index is 2.70. The van der Waals surface area contributed by atoms with Gasteiger partial charge in [0.2, 0.25) is 0 Å². The molecule has 1 rings (SSSR count). The lowest BCUT2D eigenvalue weighted by Crippen LogP contribution is -2.51. The summed E-state index contributed by atoms with van der Waals surface area (Å²) in [5.74, 6) is -0.681. The van der Waals surface area contributed by atoms with Gasteiger partial charge in [-0.05, 0) is 26.2 Å². The number of rotatable bonds is 2. The molecular weight excluding hydrogens is 196 g/mol. The highest BCUT2D eigenvalue weighted by atomic mass is 16.6. The molecule has 0 amide bonds. The Morgan fingerprint density at radius 2 is 2.07 bits per heavy atom. The molecule has 0 radical (unpaired) electrons. The zero-order chi connectivity index (χ0) is 11.3. The molecule has 15 heavy (non-hydrogen) atoms. The van der Waals surface area contributed by atoms with Gasteiger partial charge in [-0.15, -0.1) is 0 Å². The first-order chi connectivity index (χ1) is 7.11. The van der Waals surface area contributed by atoms with Crippen molar-refractivity contribution in [3.8, 4) is 0 Å². The number of hydrogen-bond donors (Lipinski definition) is 2. The zero-order valence-corrected chi connectivity index (χ0v) is 9.24. The normalized spacial score (nSPS) is 32.9. The maximum Gasteiger partial charge on any atom is 0.340 e. The van der Waals surface area contributed by atoms with Crippen LogP contribution >= 0.6 is 0 Å². The molecular formula is C11H20O4. The van der Waals surface area contributed by atoms with E-state index in [9.17, 15) is 15.0 Å². The van der Waals surface area contributed by atoms with E-state index in [0.717, 1.165) is 25.7 Å². The second-order valence-electron chi connectivity index (χ2n) is 4.11. The Hall–Kier alpha value is -0.610. The monoisotopic (exact) mass is 216 g/mol. The van der Waals surface area contributed by atoms with E-state index >= 15 is 0 Å². The third kappa shape index (κ3) is 2.92. The summed E-state index contributed by atoms with van der Waals surface area (Å²) >= 11 is 0. The quantitative estimate of drug-likeness (QED) is 0.676. The molecule has 0 aromatic heterocycles. The molecule has 1 saturated carbocycles. The van der Waals surface area contributed by atoms with Gasteiger partial charge >= 0.3 is 5.97 Å². The van der Waals surface area contributed by atoms with Crippen LogP contribution in [0.15, 0.2) is 0 Å². The number of ether oxygens (including phenoxy) is 1. The van der Waals surface area contributed by atoms with Crippen molar-refractivity contribution in [3.05, 3.63) is 0 Å². The number of aliphatic hydroxyl groups is 2. The minimum absolute atomic E-state index is 0.230. The van der Waals surface area contributed by atoms with Crippen LogP contribution in [0.4, 0.5) is 0 Å². The summed E-state index contributed by atoms with van der Waals surface area (Å²) in [6.07, 6.45) is 3.43. The SMILES string of the molecule is CCOC(=O)C1(O)CCCCCCC1O. The average Bonchev–Trinajstić information content (AvgIpc) is 2.20. The fourth-order valence-electron chi connectivity index (χ4n) is 1.99. The van der Waals surface area contributed by atoms with Crippen LogP contribution in [0.2, 0.25) is 0 Å². The van der Waals surface area contributed by atoms with Crippen LogP contribution in [0.1, 0.15) is 45.4 Å². The molecule has 2 unspecified atom stereocenters. The van der Waals surface area contributed by atoms with E-state index in [1.807, 2.05) is 0 Å². The third-order valence-electron chi connectivity index (χ3n) is 2.97. The zero-order valence-electron chi connectivity index (χ0n) is 9.24. The van der Waals surface area contributed by atoms with Crippen molar-refractivity contribution in [1.82, 2.24) is 0 Å². The van der Waals surface area contributed by atoms with Crippen LogP contribution in [0.3, 0.4) is 0 Å². The van der Waals surface area contributed by atoms with Crippen molar-refractivity contribution in [2.75, 3.05) is 6.61 Å². The van der Waals surface area contributed by atoms with Gasteiger partial charge in [-0.3, -0.25) is 0 Å². The molecule has 1 aliphatic carbocycles. The molecule has 0 saturated heterocycles. The second-order valence-corrected chi connectivity index (χ2v) is 4.11. The van der Waals surface area contributed by atoms with Gasteiger partial charge in [0.25, 0.3) is 0 Å². The van der Waals surface area contributed by atoms with Crippen LogP contribution < -0.4 is 0 Å². The first-order valence-corrected chi connectivity index (χ1v) is 5.69. The van der Waals surface area contributed by atoms with Crippen LogP contribution in [0.25, 0.3) is 0 Å². The van der Waals surface area contributed by atoms with Gasteiger partial charge in [0.15, 0.2) is 5.60 Å². The highest BCUT2D eigenvalue weighted by Crippen LogP contribution is 2.27. The average molecular weight is 216 g/mol. The molecule has 0 heterocycles. The van der Waals surface area contributed by atoms with Crippen LogP contribution in [-0.4, -0.2) is 34.5 Å². The minimum atomic E-state index is -1.68. The van der Waals surface area contributed by atoms with Gasteiger partial charge in [0.1, 0.15) is 0 Å². The molecule has 88 valence electrons. The summed E-state index contributed by atoms with van der Waals surface area (Å²) in [6, 6.07) is 0. The summed E-state index contributed by atoms with van der Waals surface area (Å²) in [7, 11) is 0. The number of esters is 1. The Morgan fingerprint density at radius 3 is 2.73 bits per heavy atom. The van der Waals surface area contributed by atoms with E-state index in [4.69, 9.17) is 4.74 Å². The van der Waals surface area contributed by atoms with E-state index < -0.39 is 17.7 Å². The van der Waals surface area contributed by atoms with Crippen LogP contribution in [0, 0.1) is 0 Å². The highest BCUT2D eigenvalue weighted by molar-refractivity contribution is 5.80. The lowest BCUT2D eigenvalue weighted by atomic mass is 9.84. The Kier molecular flexibility index (Phi) is 4.54. The van der Waals surface area contributed by atoms with Gasteiger partial charge in [0, 0.05) is 0 Å². The highest BCUT2D eigenvalue weighted by Gasteiger charge is 2.44. The van der Waals surface area contributed by atoms with Crippen molar-refractivity contribution in [2.45, 2.75) is 57.2 Å². The molecule has 1 fully saturated rings. The Labute approximate surface area is 90.2 Å². The van der Waals surface area contributed by atoms with Crippen molar-refractivity contribution in [1.29, 1.82) is 0 Å². The molecule has 0 bridgehead atoms. The van der Waals surface area contributed by atoms with Crippen LogP contribution in [0.5, 0.6) is 0 Å². The smallest absolute Gasteiger partial charge is 0.340 e. The molecule has 1 aliphatic rings. The summed E-state index contributed by atoms with van der Waals surface area (Å²) in [5.41, 5.74) is -1.68. The fraction of sp³-hybridized carbons (Fsp3) is 0.909. The molecule has 0 aromatic rings. The minimum Gasteiger partial charge on any atom is -0.464 e. The van der Waals surface area contributed by atoms with E-state index in [1.54, 1.807) is 6.92 Å². The summed E-state index contributed by atoms with van der Waals surface area (Å²) < 4.78 is 4.80. The van der Waals surface area contributed by atoms with Crippen LogP contribution in [-0.2, 0) is 9.53 Å². The molecule has 2 N–H and O–H groups in total. The van der Waals surface area contributed by atoms with Gasteiger partial charge in [-0.25, -0.2) is 4.79 Å². The van der Waals surface area contributed by atoms with E-state index in [0.29, 0.717) is 12.8 Å². The van der Waals surface area contributed by atoms with Gasteiger partial charge in [-0.1, -0.05) is 19.3 Å². The van der Waals surface area contributed by atoms with Crippen molar-refractivity contribution >= 4 is 5.97 Å². The number of hydrogen-bond acceptors (Lipinski definition) is 4. The fourth-order valence-corrected chi connectivity index (χ4v) is 1.99.